The predicted molar refractivity (Wildman–Crippen MR) is 58.3 cm³/mol. The molecular formula is C9H14ClNOS. The quantitative estimate of drug-likeness (QED) is 0.577. The van der Waals surface area contributed by atoms with Gasteiger partial charge < -0.3 is 5.32 Å². The highest BCUT2D eigenvalue weighted by molar-refractivity contribution is 8.00. The number of amides is 1. The van der Waals surface area contributed by atoms with Crippen LogP contribution in [-0.4, -0.2) is 29.3 Å². The molecule has 1 N–H and O–H groups in total. The lowest BCUT2D eigenvalue weighted by Gasteiger charge is -2.07. The summed E-state index contributed by atoms with van der Waals surface area (Å²) in [6.07, 6.45) is 5.91. The molecule has 1 heterocycles. The van der Waals surface area contributed by atoms with E-state index in [0.717, 1.165) is 12.2 Å². The van der Waals surface area contributed by atoms with E-state index in [2.05, 4.69) is 5.32 Å². The number of nitrogens with one attached hydrogen (secondary N) is 1. The standard InChI is InChI=1S/C9H14ClNOS/c10-5-1-2-6-11-9(12)8-4-3-7-13-8/h1-2,8H,3-7H2,(H,11,12)/b2-1+. The second-order valence-electron chi connectivity index (χ2n) is 2.87. The molecule has 1 aliphatic rings. The lowest BCUT2D eigenvalue weighted by atomic mass is 10.2. The fourth-order valence-electron chi connectivity index (χ4n) is 1.20. The highest BCUT2D eigenvalue weighted by Gasteiger charge is 2.22. The first-order valence-electron chi connectivity index (χ1n) is 4.45. The minimum atomic E-state index is 0.168. The van der Waals surface area contributed by atoms with Crippen LogP contribution < -0.4 is 5.32 Å². The van der Waals surface area contributed by atoms with Gasteiger partial charge in [-0.1, -0.05) is 12.2 Å². The number of hydrogen-bond acceptors (Lipinski definition) is 2. The number of thioether (sulfide) groups is 1. The average Bonchev–Trinajstić information content (AvgIpc) is 2.65. The maximum absolute atomic E-state index is 11.4. The minimum absolute atomic E-state index is 0.168. The van der Waals surface area contributed by atoms with Crippen molar-refractivity contribution in [2.45, 2.75) is 18.1 Å². The molecule has 4 heteroatoms. The van der Waals surface area contributed by atoms with Gasteiger partial charge in [0.15, 0.2) is 0 Å². The van der Waals surface area contributed by atoms with Gasteiger partial charge >= 0.3 is 0 Å². The first-order chi connectivity index (χ1) is 6.34. The topological polar surface area (TPSA) is 29.1 Å². The van der Waals surface area contributed by atoms with E-state index >= 15 is 0 Å². The maximum atomic E-state index is 11.4. The number of alkyl halides is 1. The highest BCUT2D eigenvalue weighted by Crippen LogP contribution is 2.25. The molecule has 0 aromatic carbocycles. The van der Waals surface area contributed by atoms with E-state index < -0.39 is 0 Å². The summed E-state index contributed by atoms with van der Waals surface area (Å²) in [5.41, 5.74) is 0. The van der Waals surface area contributed by atoms with Crippen molar-refractivity contribution < 1.29 is 4.79 Å². The average molecular weight is 220 g/mol. The van der Waals surface area contributed by atoms with Crippen molar-refractivity contribution in [2.75, 3.05) is 18.2 Å². The number of halogens is 1. The molecule has 0 radical (unpaired) electrons. The summed E-state index contributed by atoms with van der Waals surface area (Å²) in [5, 5.41) is 3.04. The maximum Gasteiger partial charge on any atom is 0.233 e. The van der Waals surface area contributed by atoms with E-state index in [1.165, 1.54) is 6.42 Å². The first kappa shape index (κ1) is 10.9. The van der Waals surface area contributed by atoms with Gasteiger partial charge in [0.25, 0.3) is 0 Å². The molecule has 0 saturated carbocycles. The number of rotatable bonds is 4. The van der Waals surface area contributed by atoms with Gasteiger partial charge in [-0.15, -0.1) is 23.4 Å². The number of carbonyl (C=O) groups excluding carboxylic acids is 1. The molecule has 74 valence electrons. The van der Waals surface area contributed by atoms with Crippen LogP contribution in [0, 0.1) is 0 Å². The zero-order valence-corrected chi connectivity index (χ0v) is 9.03. The Balaban J connectivity index is 2.13. The van der Waals surface area contributed by atoms with Crippen LogP contribution in [0.1, 0.15) is 12.8 Å². The SMILES string of the molecule is O=C(NC/C=C/CCl)C1CCCS1. The van der Waals surface area contributed by atoms with E-state index in [1.807, 2.05) is 12.2 Å². The highest BCUT2D eigenvalue weighted by atomic mass is 35.5. The van der Waals surface area contributed by atoms with Gasteiger partial charge in [0.2, 0.25) is 5.91 Å². The molecule has 0 spiro atoms. The summed E-state index contributed by atoms with van der Waals surface area (Å²) >= 11 is 7.19. The first-order valence-corrected chi connectivity index (χ1v) is 6.03. The predicted octanol–water partition coefficient (Wildman–Crippen LogP) is 1.79. The fraction of sp³-hybridized carbons (Fsp3) is 0.667. The molecule has 0 aliphatic carbocycles. The molecule has 13 heavy (non-hydrogen) atoms. The Morgan fingerprint density at radius 3 is 3.08 bits per heavy atom. The molecular weight excluding hydrogens is 206 g/mol. The van der Waals surface area contributed by atoms with E-state index in [1.54, 1.807) is 11.8 Å². The van der Waals surface area contributed by atoms with Crippen molar-refractivity contribution in [3.8, 4) is 0 Å². The van der Waals surface area contributed by atoms with Crippen molar-refractivity contribution in [2.24, 2.45) is 0 Å². The molecule has 0 aromatic heterocycles. The lowest BCUT2D eigenvalue weighted by Crippen LogP contribution is -2.31. The normalized spacial score (nSPS) is 22.4. The van der Waals surface area contributed by atoms with Gasteiger partial charge in [-0.2, -0.15) is 0 Å². The van der Waals surface area contributed by atoms with Crippen LogP contribution in [0.4, 0.5) is 0 Å². The zero-order valence-electron chi connectivity index (χ0n) is 7.46. The van der Waals surface area contributed by atoms with Crippen molar-refractivity contribution >= 4 is 29.3 Å². The smallest absolute Gasteiger partial charge is 0.233 e. The molecule has 2 nitrogen and oxygen atoms in total. The Morgan fingerprint density at radius 2 is 2.46 bits per heavy atom. The summed E-state index contributed by atoms with van der Waals surface area (Å²) < 4.78 is 0. The molecule has 0 bridgehead atoms. The molecule has 1 amide bonds. The molecule has 1 atom stereocenters. The Labute approximate surface area is 88.1 Å². The Morgan fingerprint density at radius 1 is 1.62 bits per heavy atom. The van der Waals surface area contributed by atoms with Crippen molar-refractivity contribution in [1.82, 2.24) is 5.32 Å². The largest absolute Gasteiger partial charge is 0.352 e. The summed E-state index contributed by atoms with van der Waals surface area (Å²) in [6.45, 7) is 0.600. The number of carbonyl (C=O) groups is 1. The number of allylic oxidation sites excluding steroid dienone is 1. The van der Waals surface area contributed by atoms with E-state index in [9.17, 15) is 4.79 Å². The van der Waals surface area contributed by atoms with Gasteiger partial charge in [0.05, 0.1) is 5.25 Å². The van der Waals surface area contributed by atoms with Gasteiger partial charge in [-0.3, -0.25) is 4.79 Å². The third-order valence-corrected chi connectivity index (χ3v) is 3.43. The Hall–Kier alpha value is -0.150. The van der Waals surface area contributed by atoms with Crippen molar-refractivity contribution in [3.05, 3.63) is 12.2 Å². The molecule has 1 rings (SSSR count). The minimum Gasteiger partial charge on any atom is -0.352 e. The summed E-state index contributed by atoms with van der Waals surface area (Å²) in [5.74, 6) is 1.80. The van der Waals surface area contributed by atoms with Crippen LogP contribution >= 0.6 is 23.4 Å². The molecule has 1 aliphatic heterocycles. The van der Waals surface area contributed by atoms with Crippen LogP contribution in [0.25, 0.3) is 0 Å². The molecule has 1 unspecified atom stereocenters. The van der Waals surface area contributed by atoms with Crippen LogP contribution in [0.5, 0.6) is 0 Å². The van der Waals surface area contributed by atoms with E-state index in [4.69, 9.17) is 11.6 Å². The third kappa shape index (κ3) is 4.05. The third-order valence-electron chi connectivity index (χ3n) is 1.87. The molecule has 0 aromatic rings. The Kier molecular flexibility index (Phi) is 5.32. The van der Waals surface area contributed by atoms with Crippen LogP contribution in [0.15, 0.2) is 12.2 Å². The van der Waals surface area contributed by atoms with Gasteiger partial charge in [0.1, 0.15) is 0 Å². The second kappa shape index (κ2) is 6.33. The van der Waals surface area contributed by atoms with Crippen molar-refractivity contribution in [1.29, 1.82) is 0 Å². The van der Waals surface area contributed by atoms with Gasteiger partial charge in [-0.05, 0) is 18.6 Å². The summed E-state index contributed by atoms with van der Waals surface area (Å²) in [6, 6.07) is 0. The zero-order chi connectivity index (χ0) is 9.52. The number of hydrogen-bond donors (Lipinski definition) is 1. The Bertz CT molecular complexity index is 190. The monoisotopic (exact) mass is 219 g/mol. The molecule has 1 fully saturated rings. The van der Waals surface area contributed by atoms with E-state index in [0.29, 0.717) is 12.4 Å². The second-order valence-corrected chi connectivity index (χ2v) is 4.49. The summed E-state index contributed by atoms with van der Waals surface area (Å²) in [7, 11) is 0. The molecule has 1 saturated heterocycles. The van der Waals surface area contributed by atoms with Crippen LogP contribution in [0.3, 0.4) is 0 Å². The van der Waals surface area contributed by atoms with E-state index in [-0.39, 0.29) is 11.2 Å². The van der Waals surface area contributed by atoms with Crippen LogP contribution in [-0.2, 0) is 4.79 Å². The lowest BCUT2D eigenvalue weighted by molar-refractivity contribution is -0.120. The van der Waals surface area contributed by atoms with Gasteiger partial charge in [0, 0.05) is 12.4 Å². The van der Waals surface area contributed by atoms with Gasteiger partial charge in [-0.25, -0.2) is 0 Å². The fourth-order valence-corrected chi connectivity index (χ4v) is 2.52. The summed E-state index contributed by atoms with van der Waals surface area (Å²) in [4.78, 5) is 11.4. The van der Waals surface area contributed by atoms with Crippen molar-refractivity contribution in [3.63, 3.8) is 0 Å². The van der Waals surface area contributed by atoms with Crippen LogP contribution in [0.2, 0.25) is 0 Å².